The minimum absolute atomic E-state index is 0.0716. The minimum atomic E-state index is 0.0716. The molecule has 0 aliphatic carbocycles. The molecule has 1 fully saturated rings. The van der Waals surface area contributed by atoms with Crippen molar-refractivity contribution in [2.75, 3.05) is 50.2 Å². The molecule has 1 N–H and O–H groups in total. The zero-order valence-electron chi connectivity index (χ0n) is 11.1. The Labute approximate surface area is 117 Å². The largest absolute Gasteiger partial charge is 0.380 e. The summed E-state index contributed by atoms with van der Waals surface area (Å²) in [7, 11) is 1.66. The fourth-order valence-electron chi connectivity index (χ4n) is 1.64. The third-order valence-corrected chi connectivity index (χ3v) is 3.01. The highest BCUT2D eigenvalue weighted by molar-refractivity contribution is 6.28. The predicted molar refractivity (Wildman–Crippen MR) is 72.8 cm³/mol. The maximum absolute atomic E-state index is 5.93. The van der Waals surface area contributed by atoms with Gasteiger partial charge in [-0.2, -0.15) is 15.0 Å². The molecular formula is C11H18ClN5O2. The first-order valence-corrected chi connectivity index (χ1v) is 6.58. The summed E-state index contributed by atoms with van der Waals surface area (Å²) in [6, 6.07) is 0. The monoisotopic (exact) mass is 287 g/mol. The number of hydrogen-bond donors (Lipinski definition) is 1. The fraction of sp³-hybridized carbons (Fsp3) is 0.727. The Hall–Kier alpha value is -1.18. The van der Waals surface area contributed by atoms with Crippen LogP contribution in [0, 0.1) is 0 Å². The van der Waals surface area contributed by atoms with E-state index in [4.69, 9.17) is 21.1 Å². The number of rotatable bonds is 5. The van der Waals surface area contributed by atoms with Gasteiger partial charge in [0.2, 0.25) is 17.2 Å². The summed E-state index contributed by atoms with van der Waals surface area (Å²) in [6.07, 6.45) is 0.0716. The van der Waals surface area contributed by atoms with Crippen LogP contribution in [-0.4, -0.2) is 61.0 Å². The van der Waals surface area contributed by atoms with Crippen molar-refractivity contribution in [2.24, 2.45) is 0 Å². The molecule has 2 rings (SSSR count). The Morgan fingerprint density at radius 1 is 1.37 bits per heavy atom. The average molecular weight is 288 g/mol. The van der Waals surface area contributed by atoms with Gasteiger partial charge in [-0.3, -0.25) is 0 Å². The van der Waals surface area contributed by atoms with Gasteiger partial charge in [0.05, 0.1) is 19.3 Å². The number of aromatic nitrogens is 3. The molecule has 7 nitrogen and oxygen atoms in total. The third-order valence-electron chi connectivity index (χ3n) is 2.84. The SMILES string of the molecule is COC(C)CNc1nc(Cl)nc(N2CCOCC2)n1. The van der Waals surface area contributed by atoms with E-state index in [-0.39, 0.29) is 11.4 Å². The lowest BCUT2D eigenvalue weighted by Crippen LogP contribution is -2.37. The average Bonchev–Trinajstić information content (AvgIpc) is 2.45. The molecule has 1 atom stereocenters. The number of halogens is 1. The quantitative estimate of drug-likeness (QED) is 0.859. The Kier molecular flexibility index (Phi) is 5.12. The predicted octanol–water partition coefficient (Wildman–Crippen LogP) is 0.808. The maximum atomic E-state index is 5.93. The minimum Gasteiger partial charge on any atom is -0.380 e. The molecule has 1 saturated heterocycles. The number of anilines is 2. The van der Waals surface area contributed by atoms with E-state index in [1.807, 2.05) is 11.8 Å². The molecular weight excluding hydrogens is 270 g/mol. The highest BCUT2D eigenvalue weighted by Gasteiger charge is 2.16. The number of nitrogens with zero attached hydrogens (tertiary/aromatic N) is 4. The Morgan fingerprint density at radius 3 is 2.79 bits per heavy atom. The molecule has 106 valence electrons. The molecule has 1 unspecified atom stereocenters. The van der Waals surface area contributed by atoms with Crippen LogP contribution >= 0.6 is 11.6 Å². The van der Waals surface area contributed by atoms with Crippen molar-refractivity contribution in [3.63, 3.8) is 0 Å². The lowest BCUT2D eigenvalue weighted by Gasteiger charge is -2.26. The zero-order chi connectivity index (χ0) is 13.7. The Balaban J connectivity index is 2.05. The highest BCUT2D eigenvalue weighted by Crippen LogP contribution is 2.15. The first-order valence-electron chi connectivity index (χ1n) is 6.20. The van der Waals surface area contributed by atoms with Gasteiger partial charge in [0.25, 0.3) is 0 Å². The van der Waals surface area contributed by atoms with Gasteiger partial charge in [0.15, 0.2) is 0 Å². The van der Waals surface area contributed by atoms with Gasteiger partial charge in [-0.05, 0) is 18.5 Å². The van der Waals surface area contributed by atoms with Gasteiger partial charge in [-0.1, -0.05) is 0 Å². The first-order chi connectivity index (χ1) is 9.19. The van der Waals surface area contributed by atoms with Crippen molar-refractivity contribution >= 4 is 23.5 Å². The van der Waals surface area contributed by atoms with E-state index >= 15 is 0 Å². The van der Waals surface area contributed by atoms with Crippen LogP contribution in [0.15, 0.2) is 0 Å². The summed E-state index contributed by atoms with van der Waals surface area (Å²) in [5, 5.41) is 3.27. The van der Waals surface area contributed by atoms with Crippen molar-refractivity contribution in [2.45, 2.75) is 13.0 Å². The van der Waals surface area contributed by atoms with E-state index in [1.165, 1.54) is 0 Å². The molecule has 1 aromatic heterocycles. The van der Waals surface area contributed by atoms with E-state index < -0.39 is 0 Å². The number of morpholine rings is 1. The Bertz CT molecular complexity index is 414. The molecule has 0 spiro atoms. The summed E-state index contributed by atoms with van der Waals surface area (Å²) in [5.74, 6) is 1.04. The number of methoxy groups -OCH3 is 1. The van der Waals surface area contributed by atoms with Crippen LogP contribution in [0.5, 0.6) is 0 Å². The summed E-state index contributed by atoms with van der Waals surface area (Å²) in [4.78, 5) is 14.6. The van der Waals surface area contributed by atoms with Gasteiger partial charge in [-0.25, -0.2) is 0 Å². The number of nitrogens with one attached hydrogen (secondary N) is 1. The molecule has 1 aliphatic heterocycles. The summed E-state index contributed by atoms with van der Waals surface area (Å²) in [6.45, 7) is 5.43. The summed E-state index contributed by atoms with van der Waals surface area (Å²) in [5.41, 5.74) is 0. The molecule has 0 aromatic carbocycles. The van der Waals surface area contributed by atoms with Crippen molar-refractivity contribution < 1.29 is 9.47 Å². The van der Waals surface area contributed by atoms with Crippen LogP contribution in [-0.2, 0) is 9.47 Å². The van der Waals surface area contributed by atoms with Gasteiger partial charge in [-0.15, -0.1) is 0 Å². The van der Waals surface area contributed by atoms with Crippen molar-refractivity contribution in [3.8, 4) is 0 Å². The van der Waals surface area contributed by atoms with Gasteiger partial charge in [0, 0.05) is 26.7 Å². The standard InChI is InChI=1S/C11H18ClN5O2/c1-8(18-2)7-13-10-14-9(12)15-11(16-10)17-3-5-19-6-4-17/h8H,3-7H2,1-2H3,(H,13,14,15,16). The van der Waals surface area contributed by atoms with Crippen molar-refractivity contribution in [1.29, 1.82) is 0 Å². The van der Waals surface area contributed by atoms with Crippen LogP contribution in [0.4, 0.5) is 11.9 Å². The molecule has 19 heavy (non-hydrogen) atoms. The van der Waals surface area contributed by atoms with Crippen LogP contribution in [0.1, 0.15) is 6.92 Å². The first kappa shape index (κ1) is 14.2. The van der Waals surface area contributed by atoms with Crippen molar-refractivity contribution in [3.05, 3.63) is 5.28 Å². The van der Waals surface area contributed by atoms with E-state index in [0.29, 0.717) is 31.7 Å². The molecule has 0 amide bonds. The molecule has 0 radical (unpaired) electrons. The fourth-order valence-corrected chi connectivity index (χ4v) is 1.80. The second-order valence-corrected chi connectivity index (χ2v) is 4.59. The second-order valence-electron chi connectivity index (χ2n) is 4.25. The lowest BCUT2D eigenvalue weighted by molar-refractivity contribution is 0.122. The van der Waals surface area contributed by atoms with Crippen LogP contribution in [0.3, 0.4) is 0 Å². The second kappa shape index (κ2) is 6.83. The molecule has 0 bridgehead atoms. The van der Waals surface area contributed by atoms with E-state index in [9.17, 15) is 0 Å². The molecule has 1 aromatic rings. The molecule has 0 saturated carbocycles. The third kappa shape index (κ3) is 4.15. The van der Waals surface area contributed by atoms with Gasteiger partial charge in [0.1, 0.15) is 0 Å². The molecule has 8 heteroatoms. The number of ether oxygens (including phenoxy) is 2. The summed E-state index contributed by atoms with van der Waals surface area (Å²) < 4.78 is 10.5. The van der Waals surface area contributed by atoms with E-state index in [0.717, 1.165) is 13.1 Å². The van der Waals surface area contributed by atoms with Crippen molar-refractivity contribution in [1.82, 2.24) is 15.0 Å². The van der Waals surface area contributed by atoms with Crippen LogP contribution in [0.2, 0.25) is 5.28 Å². The highest BCUT2D eigenvalue weighted by atomic mass is 35.5. The topological polar surface area (TPSA) is 72.4 Å². The lowest BCUT2D eigenvalue weighted by atomic mass is 10.4. The van der Waals surface area contributed by atoms with Crippen LogP contribution in [0.25, 0.3) is 0 Å². The van der Waals surface area contributed by atoms with Gasteiger partial charge < -0.3 is 19.7 Å². The smallest absolute Gasteiger partial charge is 0.231 e. The maximum Gasteiger partial charge on any atom is 0.231 e. The molecule has 2 heterocycles. The number of hydrogen-bond acceptors (Lipinski definition) is 7. The van der Waals surface area contributed by atoms with E-state index in [2.05, 4.69) is 20.3 Å². The molecule has 1 aliphatic rings. The van der Waals surface area contributed by atoms with Gasteiger partial charge >= 0.3 is 0 Å². The summed E-state index contributed by atoms with van der Waals surface area (Å²) >= 11 is 5.93. The normalized spacial score (nSPS) is 17.3. The zero-order valence-corrected chi connectivity index (χ0v) is 11.9. The van der Waals surface area contributed by atoms with E-state index in [1.54, 1.807) is 7.11 Å². The van der Waals surface area contributed by atoms with Crippen LogP contribution < -0.4 is 10.2 Å². The Morgan fingerprint density at radius 2 is 2.11 bits per heavy atom.